The maximum atomic E-state index is 13.4. The number of carboxylic acid groups (broad SMARTS) is 1. The van der Waals surface area contributed by atoms with Gasteiger partial charge in [0.1, 0.15) is 5.82 Å². The number of piperazine rings is 1. The van der Waals surface area contributed by atoms with Gasteiger partial charge in [0.05, 0.1) is 11.2 Å². The summed E-state index contributed by atoms with van der Waals surface area (Å²) in [5, 5.41) is 13.2. The third-order valence-electron chi connectivity index (χ3n) is 8.17. The highest BCUT2D eigenvalue weighted by atomic mass is 19.1. The van der Waals surface area contributed by atoms with E-state index in [4.69, 9.17) is 0 Å². The van der Waals surface area contributed by atoms with Crippen LogP contribution in [0.4, 0.5) is 14.9 Å². The minimum Gasteiger partial charge on any atom is -0.465 e. The number of nitrogens with zero attached hydrogens (tertiary/aromatic N) is 4. The van der Waals surface area contributed by atoms with Crippen molar-refractivity contribution in [3.05, 3.63) is 102 Å². The highest BCUT2D eigenvalue weighted by Crippen LogP contribution is 2.27. The number of carbonyl (C=O) groups is 2. The summed E-state index contributed by atoms with van der Waals surface area (Å²) in [6.07, 6.45) is 6.50. The summed E-state index contributed by atoms with van der Waals surface area (Å²) >= 11 is 0. The Balaban J connectivity index is 1.12. The molecule has 2 fully saturated rings. The fraction of sp³-hybridized carbons (Fsp3) is 0.364. The van der Waals surface area contributed by atoms with Crippen LogP contribution in [0.3, 0.4) is 0 Å². The molecule has 0 spiro atoms. The van der Waals surface area contributed by atoms with Gasteiger partial charge in [-0.05, 0) is 67.7 Å². The number of anilines is 1. The molecule has 2 saturated heterocycles. The van der Waals surface area contributed by atoms with Gasteiger partial charge >= 0.3 is 6.09 Å². The number of amides is 2. The molecule has 1 aromatic heterocycles. The summed E-state index contributed by atoms with van der Waals surface area (Å²) in [5.41, 5.74) is 3.09. The molecule has 2 aliphatic heterocycles. The van der Waals surface area contributed by atoms with Gasteiger partial charge < -0.3 is 20.2 Å². The Morgan fingerprint density at radius 1 is 1.02 bits per heavy atom. The van der Waals surface area contributed by atoms with Crippen molar-refractivity contribution in [1.82, 2.24) is 19.7 Å². The fourth-order valence-corrected chi connectivity index (χ4v) is 6.01. The lowest BCUT2D eigenvalue weighted by molar-refractivity contribution is -0.126. The van der Waals surface area contributed by atoms with E-state index in [1.165, 1.54) is 12.1 Å². The second-order valence-electron chi connectivity index (χ2n) is 11.5. The maximum absolute atomic E-state index is 13.4. The third-order valence-corrected chi connectivity index (χ3v) is 8.17. The van der Waals surface area contributed by atoms with Gasteiger partial charge in [0.25, 0.3) is 0 Å². The highest BCUT2D eigenvalue weighted by Gasteiger charge is 2.40. The molecule has 2 aromatic carbocycles. The van der Waals surface area contributed by atoms with Gasteiger partial charge in [-0.25, -0.2) is 9.18 Å². The van der Waals surface area contributed by atoms with E-state index in [-0.39, 0.29) is 17.8 Å². The molecule has 2 aliphatic rings. The van der Waals surface area contributed by atoms with Gasteiger partial charge in [0.15, 0.2) is 0 Å². The van der Waals surface area contributed by atoms with E-state index >= 15 is 0 Å². The van der Waals surface area contributed by atoms with Crippen molar-refractivity contribution >= 4 is 23.8 Å². The number of rotatable bonds is 8. The fourth-order valence-electron chi connectivity index (χ4n) is 6.01. The molecule has 2 N–H and O–H groups in total. The van der Waals surface area contributed by atoms with Gasteiger partial charge in [0, 0.05) is 63.3 Å². The SMILES string of the molecule is C[C@]1(Cc2ccccc2)CN(Cc2ccc(C=CC(=O)N3CCC(Nc4cccc(F)c4)CC3)nc2)CCN1C(=O)O. The number of carbonyl (C=O) groups excluding carboxylic acids is 1. The normalized spacial score (nSPS) is 20.1. The van der Waals surface area contributed by atoms with Crippen LogP contribution >= 0.6 is 0 Å². The van der Waals surface area contributed by atoms with Crippen LogP contribution in [-0.4, -0.2) is 81.1 Å². The highest BCUT2D eigenvalue weighted by molar-refractivity contribution is 5.91. The Morgan fingerprint density at radius 2 is 1.81 bits per heavy atom. The number of pyridine rings is 1. The van der Waals surface area contributed by atoms with E-state index < -0.39 is 11.6 Å². The molecule has 0 bridgehead atoms. The molecule has 42 heavy (non-hydrogen) atoms. The lowest BCUT2D eigenvalue weighted by atomic mass is 9.88. The molecule has 0 saturated carbocycles. The van der Waals surface area contributed by atoms with Crippen molar-refractivity contribution in [3.63, 3.8) is 0 Å². The predicted octanol–water partition coefficient (Wildman–Crippen LogP) is 5.13. The zero-order valence-electron chi connectivity index (χ0n) is 24.0. The van der Waals surface area contributed by atoms with Gasteiger partial charge in [-0.2, -0.15) is 0 Å². The molecule has 0 aliphatic carbocycles. The molecule has 1 atom stereocenters. The minimum absolute atomic E-state index is 0.0425. The Morgan fingerprint density at radius 3 is 2.50 bits per heavy atom. The smallest absolute Gasteiger partial charge is 0.407 e. The average molecular weight is 572 g/mol. The minimum atomic E-state index is -0.884. The van der Waals surface area contributed by atoms with E-state index in [1.54, 1.807) is 23.1 Å². The Labute approximate surface area is 246 Å². The zero-order chi connectivity index (χ0) is 29.5. The van der Waals surface area contributed by atoms with Crippen LogP contribution in [0.25, 0.3) is 6.08 Å². The predicted molar refractivity (Wildman–Crippen MR) is 161 cm³/mol. The van der Waals surface area contributed by atoms with Crippen LogP contribution < -0.4 is 5.32 Å². The van der Waals surface area contributed by atoms with Crippen LogP contribution in [-0.2, 0) is 17.8 Å². The molecule has 5 rings (SSSR count). The molecule has 2 amide bonds. The molecule has 3 heterocycles. The van der Waals surface area contributed by atoms with Gasteiger partial charge in [-0.3, -0.25) is 14.7 Å². The molecular weight excluding hydrogens is 533 g/mol. The first-order valence-corrected chi connectivity index (χ1v) is 14.5. The lowest BCUT2D eigenvalue weighted by Gasteiger charge is -2.48. The average Bonchev–Trinajstić information content (AvgIpc) is 2.97. The molecule has 9 heteroatoms. The van der Waals surface area contributed by atoms with E-state index in [1.807, 2.05) is 66.6 Å². The van der Waals surface area contributed by atoms with Crippen molar-refractivity contribution in [1.29, 1.82) is 0 Å². The summed E-state index contributed by atoms with van der Waals surface area (Å²) in [6, 6.07) is 20.6. The third kappa shape index (κ3) is 7.53. The van der Waals surface area contributed by atoms with Gasteiger partial charge in [0.2, 0.25) is 5.91 Å². The van der Waals surface area contributed by atoms with Crippen LogP contribution in [0.2, 0.25) is 0 Å². The lowest BCUT2D eigenvalue weighted by Crippen LogP contribution is -2.63. The van der Waals surface area contributed by atoms with Crippen LogP contribution in [0, 0.1) is 5.82 Å². The molecule has 3 aromatic rings. The summed E-state index contributed by atoms with van der Waals surface area (Å²) in [7, 11) is 0. The van der Waals surface area contributed by atoms with Crippen molar-refractivity contribution in [2.45, 2.75) is 44.3 Å². The van der Waals surface area contributed by atoms with E-state index in [2.05, 4.69) is 15.2 Å². The summed E-state index contributed by atoms with van der Waals surface area (Å²) in [5.74, 6) is -0.307. The Kier molecular flexibility index (Phi) is 9.17. The number of benzene rings is 2. The summed E-state index contributed by atoms with van der Waals surface area (Å²) in [6.45, 7) is 5.70. The van der Waals surface area contributed by atoms with Crippen molar-refractivity contribution in [2.75, 3.05) is 38.0 Å². The first-order valence-electron chi connectivity index (χ1n) is 14.5. The van der Waals surface area contributed by atoms with Crippen LogP contribution in [0.5, 0.6) is 0 Å². The van der Waals surface area contributed by atoms with Gasteiger partial charge in [-0.15, -0.1) is 0 Å². The number of nitrogens with one attached hydrogen (secondary N) is 1. The van der Waals surface area contributed by atoms with Crippen LogP contribution in [0.1, 0.15) is 36.6 Å². The number of hydrogen-bond acceptors (Lipinski definition) is 5. The monoisotopic (exact) mass is 571 g/mol. The topological polar surface area (TPSA) is 89.0 Å². The van der Waals surface area contributed by atoms with Crippen LogP contribution in [0.15, 0.2) is 79.0 Å². The number of likely N-dealkylation sites (tertiary alicyclic amines) is 1. The number of halogens is 1. The van der Waals surface area contributed by atoms with Gasteiger partial charge in [-0.1, -0.05) is 42.5 Å². The number of aromatic nitrogens is 1. The second kappa shape index (κ2) is 13.2. The van der Waals surface area contributed by atoms with Crippen molar-refractivity contribution in [3.8, 4) is 0 Å². The van der Waals surface area contributed by atoms with Crippen molar-refractivity contribution < 1.29 is 19.1 Å². The van der Waals surface area contributed by atoms with E-state index in [0.717, 1.165) is 29.7 Å². The zero-order valence-corrected chi connectivity index (χ0v) is 24.0. The number of hydrogen-bond donors (Lipinski definition) is 2. The summed E-state index contributed by atoms with van der Waals surface area (Å²) in [4.78, 5) is 35.0. The largest absolute Gasteiger partial charge is 0.465 e. The molecular formula is C33H38FN5O3. The first-order chi connectivity index (χ1) is 20.3. The van der Waals surface area contributed by atoms with E-state index in [9.17, 15) is 19.1 Å². The quantitative estimate of drug-likeness (QED) is 0.365. The summed E-state index contributed by atoms with van der Waals surface area (Å²) < 4.78 is 13.4. The molecule has 0 radical (unpaired) electrons. The standard InChI is InChI=1S/C33H38FN5O3/c1-33(21-25-6-3-2-4-7-25)24-37(18-19-39(33)32(41)42)23-26-10-11-28(35-22-26)12-13-31(40)38-16-14-29(15-17-38)36-30-9-5-8-27(34)20-30/h2-13,20,22,29,36H,14-19,21,23-24H2,1H3,(H,41,42)/t33-/m0/s1. The first kappa shape index (κ1) is 29.3. The van der Waals surface area contributed by atoms with E-state index in [0.29, 0.717) is 51.4 Å². The van der Waals surface area contributed by atoms with Crippen molar-refractivity contribution in [2.24, 2.45) is 0 Å². The second-order valence-corrected chi connectivity index (χ2v) is 11.5. The maximum Gasteiger partial charge on any atom is 0.407 e. The Bertz CT molecular complexity index is 1390. The molecule has 0 unspecified atom stereocenters. The molecule has 8 nitrogen and oxygen atoms in total. The molecule has 220 valence electrons. The Hall–Kier alpha value is -4.24. The number of piperidine rings is 1.